The van der Waals surface area contributed by atoms with Gasteiger partial charge in [-0.25, -0.2) is 0 Å². The van der Waals surface area contributed by atoms with Crippen molar-refractivity contribution in [2.75, 3.05) is 0 Å². The molecule has 1 unspecified atom stereocenters. The van der Waals surface area contributed by atoms with Gasteiger partial charge in [-0.15, -0.1) is 0 Å². The average molecular weight is 247 g/mol. The van der Waals surface area contributed by atoms with Crippen LogP contribution in [-0.2, 0) is 6.42 Å². The molecular weight excluding hydrogens is 231 g/mol. The minimum Gasteiger partial charge on any atom is -0.393 e. The van der Waals surface area contributed by atoms with Crippen molar-refractivity contribution >= 4 is 23.2 Å². The van der Waals surface area contributed by atoms with Gasteiger partial charge >= 0.3 is 0 Å². The maximum absolute atomic E-state index is 9.77. The summed E-state index contributed by atoms with van der Waals surface area (Å²) in [5, 5.41) is 11.0. The highest BCUT2D eigenvalue weighted by atomic mass is 35.5. The van der Waals surface area contributed by atoms with Crippen molar-refractivity contribution in [3.8, 4) is 0 Å². The van der Waals surface area contributed by atoms with E-state index in [2.05, 4.69) is 6.92 Å². The number of hydrogen-bond acceptors (Lipinski definition) is 1. The molecule has 1 N–H and O–H groups in total. The monoisotopic (exact) mass is 246 g/mol. The van der Waals surface area contributed by atoms with E-state index in [9.17, 15) is 5.11 Å². The zero-order chi connectivity index (χ0) is 11.3. The summed E-state index contributed by atoms with van der Waals surface area (Å²) in [5.74, 6) is 0. The minimum atomic E-state index is -0.345. The van der Waals surface area contributed by atoms with Gasteiger partial charge in [-0.1, -0.05) is 49.0 Å². The average Bonchev–Trinajstić information content (AvgIpc) is 2.21. The van der Waals surface area contributed by atoms with Crippen molar-refractivity contribution in [3.63, 3.8) is 0 Å². The Kier molecular flexibility index (Phi) is 5.44. The van der Waals surface area contributed by atoms with Gasteiger partial charge in [-0.05, 0) is 24.1 Å². The first-order valence-corrected chi connectivity index (χ1v) is 6.01. The van der Waals surface area contributed by atoms with Crippen LogP contribution in [0.1, 0.15) is 31.7 Å². The molecule has 0 fully saturated rings. The van der Waals surface area contributed by atoms with Crippen molar-refractivity contribution in [1.29, 1.82) is 0 Å². The van der Waals surface area contributed by atoms with Crippen LogP contribution >= 0.6 is 23.2 Å². The fourth-order valence-corrected chi connectivity index (χ4v) is 2.06. The third kappa shape index (κ3) is 4.02. The van der Waals surface area contributed by atoms with Gasteiger partial charge < -0.3 is 5.11 Å². The highest BCUT2D eigenvalue weighted by Gasteiger charge is 2.10. The number of benzene rings is 1. The van der Waals surface area contributed by atoms with Gasteiger partial charge in [0.1, 0.15) is 0 Å². The third-order valence-electron chi connectivity index (χ3n) is 2.39. The highest BCUT2D eigenvalue weighted by molar-refractivity contribution is 6.35. The molecule has 1 aromatic carbocycles. The second-order valence-electron chi connectivity index (χ2n) is 3.70. The van der Waals surface area contributed by atoms with Crippen molar-refractivity contribution in [2.45, 2.75) is 38.7 Å². The van der Waals surface area contributed by atoms with Crippen molar-refractivity contribution < 1.29 is 5.11 Å². The Labute approximate surface area is 101 Å². The molecule has 0 heterocycles. The van der Waals surface area contributed by atoms with Crippen LogP contribution in [0.15, 0.2) is 18.2 Å². The zero-order valence-electron chi connectivity index (χ0n) is 8.84. The van der Waals surface area contributed by atoms with Crippen molar-refractivity contribution in [2.24, 2.45) is 0 Å². The lowest BCUT2D eigenvalue weighted by molar-refractivity contribution is 0.162. The molecule has 0 aliphatic rings. The molecule has 1 atom stereocenters. The lowest BCUT2D eigenvalue weighted by Gasteiger charge is -2.12. The smallest absolute Gasteiger partial charge is 0.0581 e. The largest absolute Gasteiger partial charge is 0.393 e. The summed E-state index contributed by atoms with van der Waals surface area (Å²) in [6.45, 7) is 2.11. The van der Waals surface area contributed by atoms with Crippen LogP contribution in [0.3, 0.4) is 0 Å². The molecule has 1 nitrogen and oxygen atoms in total. The first kappa shape index (κ1) is 12.8. The summed E-state index contributed by atoms with van der Waals surface area (Å²) >= 11 is 12.0. The van der Waals surface area contributed by atoms with E-state index < -0.39 is 0 Å². The van der Waals surface area contributed by atoms with E-state index in [4.69, 9.17) is 23.2 Å². The number of aliphatic hydroxyl groups is 1. The summed E-state index contributed by atoms with van der Waals surface area (Å²) < 4.78 is 0. The fraction of sp³-hybridized carbons (Fsp3) is 0.500. The zero-order valence-corrected chi connectivity index (χ0v) is 10.4. The van der Waals surface area contributed by atoms with Gasteiger partial charge in [0.2, 0.25) is 0 Å². The number of halogens is 2. The first-order chi connectivity index (χ1) is 7.15. The fourth-order valence-electron chi connectivity index (χ4n) is 1.50. The molecule has 15 heavy (non-hydrogen) atoms. The third-order valence-corrected chi connectivity index (χ3v) is 3.10. The Morgan fingerprint density at radius 2 is 1.87 bits per heavy atom. The molecule has 0 radical (unpaired) electrons. The normalized spacial score (nSPS) is 12.8. The number of rotatable bonds is 5. The molecule has 0 aliphatic heterocycles. The standard InChI is InChI=1S/C12H16Cl2O/c1-2-3-5-9(15)8-10-11(13)6-4-7-12(10)14/h4,6-7,9,15H,2-3,5,8H2,1H3. The van der Waals surface area contributed by atoms with Crippen LogP contribution in [0.4, 0.5) is 0 Å². The quantitative estimate of drug-likeness (QED) is 0.830. The second-order valence-corrected chi connectivity index (χ2v) is 4.51. The van der Waals surface area contributed by atoms with Gasteiger partial charge in [0.05, 0.1) is 6.10 Å². The van der Waals surface area contributed by atoms with Gasteiger partial charge in [0, 0.05) is 16.5 Å². The molecule has 1 aromatic rings. The lowest BCUT2D eigenvalue weighted by Crippen LogP contribution is -2.10. The Morgan fingerprint density at radius 1 is 1.27 bits per heavy atom. The minimum absolute atomic E-state index is 0.345. The molecular formula is C12H16Cl2O. The topological polar surface area (TPSA) is 20.2 Å². The first-order valence-electron chi connectivity index (χ1n) is 5.26. The van der Waals surface area contributed by atoms with Crippen molar-refractivity contribution in [1.82, 2.24) is 0 Å². The molecule has 0 saturated heterocycles. The second kappa shape index (κ2) is 6.37. The predicted molar refractivity (Wildman–Crippen MR) is 65.7 cm³/mol. The maximum atomic E-state index is 9.77. The number of hydrogen-bond donors (Lipinski definition) is 1. The van der Waals surface area contributed by atoms with Crippen LogP contribution < -0.4 is 0 Å². The molecule has 0 aromatic heterocycles. The van der Waals surface area contributed by atoms with E-state index in [1.165, 1.54) is 0 Å². The molecule has 3 heteroatoms. The summed E-state index contributed by atoms with van der Waals surface area (Å²) in [4.78, 5) is 0. The molecule has 0 saturated carbocycles. The Bertz CT molecular complexity index is 292. The summed E-state index contributed by atoms with van der Waals surface area (Å²) in [5.41, 5.74) is 0.851. The molecule has 0 amide bonds. The number of aliphatic hydroxyl groups excluding tert-OH is 1. The van der Waals surface area contributed by atoms with E-state index in [0.717, 1.165) is 24.8 Å². The Morgan fingerprint density at radius 3 is 2.40 bits per heavy atom. The van der Waals surface area contributed by atoms with Crippen LogP contribution in [0.5, 0.6) is 0 Å². The van der Waals surface area contributed by atoms with Crippen molar-refractivity contribution in [3.05, 3.63) is 33.8 Å². The van der Waals surface area contributed by atoms with Crippen LogP contribution in [0.25, 0.3) is 0 Å². The van der Waals surface area contributed by atoms with E-state index in [-0.39, 0.29) is 6.10 Å². The van der Waals surface area contributed by atoms with E-state index in [0.29, 0.717) is 16.5 Å². The molecule has 0 bridgehead atoms. The molecule has 0 spiro atoms. The highest BCUT2D eigenvalue weighted by Crippen LogP contribution is 2.26. The Balaban J connectivity index is 2.63. The van der Waals surface area contributed by atoms with E-state index in [1.54, 1.807) is 12.1 Å². The lowest BCUT2D eigenvalue weighted by atomic mass is 10.0. The van der Waals surface area contributed by atoms with Gasteiger partial charge in [-0.3, -0.25) is 0 Å². The van der Waals surface area contributed by atoms with Gasteiger partial charge in [-0.2, -0.15) is 0 Å². The molecule has 84 valence electrons. The van der Waals surface area contributed by atoms with Crippen LogP contribution in [-0.4, -0.2) is 11.2 Å². The van der Waals surface area contributed by atoms with E-state index >= 15 is 0 Å². The summed E-state index contributed by atoms with van der Waals surface area (Å²) in [6.07, 6.45) is 3.12. The van der Waals surface area contributed by atoms with Gasteiger partial charge in [0.15, 0.2) is 0 Å². The predicted octanol–water partition coefficient (Wildman–Crippen LogP) is 4.09. The van der Waals surface area contributed by atoms with Crippen LogP contribution in [0.2, 0.25) is 10.0 Å². The van der Waals surface area contributed by atoms with E-state index in [1.807, 2.05) is 6.07 Å². The maximum Gasteiger partial charge on any atom is 0.0581 e. The summed E-state index contributed by atoms with van der Waals surface area (Å²) in [7, 11) is 0. The number of unbranched alkanes of at least 4 members (excludes halogenated alkanes) is 1. The molecule has 0 aliphatic carbocycles. The van der Waals surface area contributed by atoms with Crippen LogP contribution in [0, 0.1) is 0 Å². The van der Waals surface area contributed by atoms with Gasteiger partial charge in [0.25, 0.3) is 0 Å². The summed E-state index contributed by atoms with van der Waals surface area (Å²) in [6, 6.07) is 5.41. The Hall–Kier alpha value is -0.240. The SMILES string of the molecule is CCCCC(O)Cc1c(Cl)cccc1Cl. The molecule has 1 rings (SSSR count).